The van der Waals surface area contributed by atoms with Crippen LogP contribution in [0.4, 0.5) is 0 Å². The van der Waals surface area contributed by atoms with Crippen molar-refractivity contribution in [3.8, 4) is 17.1 Å². The van der Waals surface area contributed by atoms with E-state index >= 15 is 0 Å². The van der Waals surface area contributed by atoms with Crippen molar-refractivity contribution in [3.05, 3.63) is 65.5 Å². The van der Waals surface area contributed by atoms with E-state index in [2.05, 4.69) is 30.1 Å². The van der Waals surface area contributed by atoms with E-state index in [0.717, 1.165) is 16.9 Å². The van der Waals surface area contributed by atoms with Crippen molar-refractivity contribution in [2.24, 2.45) is 5.73 Å². The van der Waals surface area contributed by atoms with Crippen LogP contribution in [0.3, 0.4) is 0 Å². The maximum Gasteiger partial charge on any atom is 0.264 e. The molecule has 3 rings (SSSR count). The van der Waals surface area contributed by atoms with Gasteiger partial charge in [0.15, 0.2) is 6.61 Å². The van der Waals surface area contributed by atoms with Gasteiger partial charge in [-0.3, -0.25) is 0 Å². The van der Waals surface area contributed by atoms with Crippen LogP contribution in [0.1, 0.15) is 36.8 Å². The molecule has 0 fully saturated rings. The lowest BCUT2D eigenvalue weighted by atomic mass is 10.0. The molecule has 3 aromatic rings. The van der Waals surface area contributed by atoms with E-state index in [4.69, 9.17) is 15.0 Å². The number of hydrogen-bond acceptors (Lipinski definition) is 5. The summed E-state index contributed by atoms with van der Waals surface area (Å²) in [4.78, 5) is 4.37. The monoisotopic (exact) mass is 359 g/mol. The molecule has 25 heavy (non-hydrogen) atoms. The van der Waals surface area contributed by atoms with E-state index in [0.29, 0.717) is 24.2 Å². The Kier molecular flexibility index (Phi) is 6.56. The standard InChI is InChI=1S/C19H21N3O2.ClH/c1-13(2)16-4-3-5-17(10-16)23-12-18-21-19(22-24-18)15-8-6-14(11-20)7-9-15;/h3-10,13H,11-12,20H2,1-2H3;1H. The average Bonchev–Trinajstić information content (AvgIpc) is 3.09. The zero-order chi connectivity index (χ0) is 16.9. The van der Waals surface area contributed by atoms with Crippen LogP contribution in [-0.2, 0) is 13.2 Å². The van der Waals surface area contributed by atoms with Crippen LogP contribution < -0.4 is 10.5 Å². The van der Waals surface area contributed by atoms with Gasteiger partial charge < -0.3 is 15.0 Å². The van der Waals surface area contributed by atoms with Gasteiger partial charge in [0.25, 0.3) is 5.89 Å². The SMILES string of the molecule is CC(C)c1cccc(OCc2nc(-c3ccc(CN)cc3)no2)c1.Cl. The molecule has 2 aromatic carbocycles. The van der Waals surface area contributed by atoms with Crippen molar-refractivity contribution in [1.82, 2.24) is 10.1 Å². The highest BCUT2D eigenvalue weighted by Gasteiger charge is 2.09. The van der Waals surface area contributed by atoms with Gasteiger partial charge in [-0.25, -0.2) is 0 Å². The smallest absolute Gasteiger partial charge is 0.264 e. The Labute approximate surface area is 153 Å². The maximum absolute atomic E-state index is 5.76. The molecule has 0 aliphatic carbocycles. The van der Waals surface area contributed by atoms with Gasteiger partial charge >= 0.3 is 0 Å². The fraction of sp³-hybridized carbons (Fsp3) is 0.263. The van der Waals surface area contributed by atoms with Crippen LogP contribution in [0, 0.1) is 0 Å². The van der Waals surface area contributed by atoms with E-state index in [1.165, 1.54) is 5.56 Å². The minimum atomic E-state index is 0. The van der Waals surface area contributed by atoms with Crippen LogP contribution in [0.15, 0.2) is 53.1 Å². The van der Waals surface area contributed by atoms with Gasteiger partial charge in [0, 0.05) is 12.1 Å². The number of aromatic nitrogens is 2. The number of nitrogens with two attached hydrogens (primary N) is 1. The minimum absolute atomic E-state index is 0. The molecule has 0 atom stereocenters. The molecule has 0 amide bonds. The van der Waals surface area contributed by atoms with Gasteiger partial charge in [-0.2, -0.15) is 4.98 Å². The molecule has 1 heterocycles. The molecule has 0 saturated heterocycles. The number of halogens is 1. The normalized spacial score (nSPS) is 10.6. The van der Waals surface area contributed by atoms with E-state index < -0.39 is 0 Å². The molecule has 0 aliphatic heterocycles. The summed E-state index contributed by atoms with van der Waals surface area (Å²) in [7, 11) is 0. The number of nitrogens with zero attached hydrogens (tertiary/aromatic N) is 2. The summed E-state index contributed by atoms with van der Waals surface area (Å²) in [5, 5.41) is 4.00. The molecule has 6 heteroatoms. The summed E-state index contributed by atoms with van der Waals surface area (Å²) in [5.74, 6) is 2.25. The molecule has 5 nitrogen and oxygen atoms in total. The van der Waals surface area contributed by atoms with E-state index in [1.807, 2.05) is 42.5 Å². The van der Waals surface area contributed by atoms with Crippen molar-refractivity contribution in [2.45, 2.75) is 32.9 Å². The molecule has 1 aromatic heterocycles. The molecular formula is C19H22ClN3O2. The Bertz CT molecular complexity index is 800. The van der Waals surface area contributed by atoms with E-state index in [-0.39, 0.29) is 19.0 Å². The Morgan fingerprint density at radius 1 is 1.12 bits per heavy atom. The first-order chi connectivity index (χ1) is 11.7. The Morgan fingerprint density at radius 2 is 1.88 bits per heavy atom. The fourth-order valence-corrected chi connectivity index (χ4v) is 2.33. The molecule has 0 saturated carbocycles. The number of ether oxygens (including phenoxy) is 1. The number of hydrogen-bond donors (Lipinski definition) is 1. The van der Waals surface area contributed by atoms with Crippen LogP contribution in [0.2, 0.25) is 0 Å². The second kappa shape index (κ2) is 8.65. The zero-order valence-electron chi connectivity index (χ0n) is 14.3. The minimum Gasteiger partial charge on any atom is -0.484 e. The second-order valence-electron chi connectivity index (χ2n) is 5.93. The van der Waals surface area contributed by atoms with Crippen molar-refractivity contribution in [1.29, 1.82) is 0 Å². The second-order valence-corrected chi connectivity index (χ2v) is 5.93. The van der Waals surface area contributed by atoms with Gasteiger partial charge in [0.1, 0.15) is 5.75 Å². The molecule has 0 aliphatic rings. The largest absolute Gasteiger partial charge is 0.484 e. The predicted molar refractivity (Wildman–Crippen MR) is 99.7 cm³/mol. The molecule has 0 bridgehead atoms. The van der Waals surface area contributed by atoms with Gasteiger partial charge in [-0.1, -0.05) is 55.4 Å². The molecule has 132 valence electrons. The summed E-state index contributed by atoms with van der Waals surface area (Å²) in [5.41, 5.74) is 8.79. The van der Waals surface area contributed by atoms with Crippen LogP contribution >= 0.6 is 12.4 Å². The Balaban J connectivity index is 0.00000225. The molecule has 2 N–H and O–H groups in total. The van der Waals surface area contributed by atoms with Crippen molar-refractivity contribution >= 4 is 12.4 Å². The summed E-state index contributed by atoms with van der Waals surface area (Å²) >= 11 is 0. The third-order valence-electron chi connectivity index (χ3n) is 3.80. The molecular weight excluding hydrogens is 338 g/mol. The van der Waals surface area contributed by atoms with Gasteiger partial charge in [0.2, 0.25) is 5.82 Å². The topological polar surface area (TPSA) is 74.2 Å². The third-order valence-corrected chi connectivity index (χ3v) is 3.80. The van der Waals surface area contributed by atoms with Crippen molar-refractivity contribution in [2.75, 3.05) is 0 Å². The maximum atomic E-state index is 5.76. The van der Waals surface area contributed by atoms with Crippen LogP contribution in [-0.4, -0.2) is 10.1 Å². The Hall–Kier alpha value is -2.37. The zero-order valence-corrected chi connectivity index (χ0v) is 15.1. The first-order valence-corrected chi connectivity index (χ1v) is 8.00. The summed E-state index contributed by atoms with van der Waals surface area (Å²) < 4.78 is 11.0. The number of rotatable bonds is 6. The highest BCUT2D eigenvalue weighted by atomic mass is 35.5. The summed E-state index contributed by atoms with van der Waals surface area (Å²) in [6.07, 6.45) is 0. The average molecular weight is 360 g/mol. The first-order valence-electron chi connectivity index (χ1n) is 8.00. The van der Waals surface area contributed by atoms with Crippen molar-refractivity contribution < 1.29 is 9.26 Å². The van der Waals surface area contributed by atoms with Crippen LogP contribution in [0.25, 0.3) is 11.4 Å². The lowest BCUT2D eigenvalue weighted by Gasteiger charge is -2.08. The fourth-order valence-electron chi connectivity index (χ4n) is 2.33. The van der Waals surface area contributed by atoms with Gasteiger partial charge in [-0.15, -0.1) is 12.4 Å². The van der Waals surface area contributed by atoms with Gasteiger partial charge in [0.05, 0.1) is 0 Å². The lowest BCUT2D eigenvalue weighted by Crippen LogP contribution is -1.97. The summed E-state index contributed by atoms with van der Waals surface area (Å²) in [6.45, 7) is 5.06. The van der Waals surface area contributed by atoms with E-state index in [9.17, 15) is 0 Å². The Morgan fingerprint density at radius 3 is 2.56 bits per heavy atom. The van der Waals surface area contributed by atoms with Gasteiger partial charge in [-0.05, 0) is 29.2 Å². The molecule has 0 spiro atoms. The lowest BCUT2D eigenvalue weighted by molar-refractivity contribution is 0.242. The highest BCUT2D eigenvalue weighted by molar-refractivity contribution is 5.85. The summed E-state index contributed by atoms with van der Waals surface area (Å²) in [6, 6.07) is 15.8. The third kappa shape index (κ3) is 4.81. The number of benzene rings is 2. The van der Waals surface area contributed by atoms with Crippen molar-refractivity contribution in [3.63, 3.8) is 0 Å². The van der Waals surface area contributed by atoms with Crippen LogP contribution in [0.5, 0.6) is 5.75 Å². The predicted octanol–water partition coefficient (Wildman–Crippen LogP) is 4.32. The van der Waals surface area contributed by atoms with E-state index in [1.54, 1.807) is 0 Å². The molecule has 0 radical (unpaired) electrons. The quantitative estimate of drug-likeness (QED) is 0.709. The molecule has 0 unspecified atom stereocenters. The highest BCUT2D eigenvalue weighted by Crippen LogP contribution is 2.21. The first kappa shape index (κ1) is 19.0.